The molecular weight excluding hydrogens is 214 g/mol. The van der Waals surface area contributed by atoms with Crippen molar-refractivity contribution in [2.45, 2.75) is 13.0 Å². The maximum atomic E-state index is 11.5. The summed E-state index contributed by atoms with van der Waals surface area (Å²) in [6, 6.07) is 5.63. The van der Waals surface area contributed by atoms with Gasteiger partial charge in [-0.2, -0.15) is 0 Å². The van der Waals surface area contributed by atoms with Crippen LogP contribution in [0.15, 0.2) is 18.2 Å². The Morgan fingerprint density at radius 2 is 2.33 bits per heavy atom. The van der Waals surface area contributed by atoms with Crippen LogP contribution in [0, 0.1) is 0 Å². The van der Waals surface area contributed by atoms with Crippen LogP contribution in [0.1, 0.15) is 11.1 Å². The molecule has 0 radical (unpaired) electrons. The van der Waals surface area contributed by atoms with Gasteiger partial charge in [0.15, 0.2) is 0 Å². The van der Waals surface area contributed by atoms with Gasteiger partial charge in [0, 0.05) is 12.2 Å². The van der Waals surface area contributed by atoms with Crippen LogP contribution in [-0.4, -0.2) is 23.4 Å². The zero-order valence-electron chi connectivity index (χ0n) is 8.24. The van der Waals surface area contributed by atoms with E-state index in [2.05, 4.69) is 0 Å². The summed E-state index contributed by atoms with van der Waals surface area (Å²) in [6.45, 7) is 0.685. The zero-order valence-corrected chi connectivity index (χ0v) is 9.00. The fourth-order valence-electron chi connectivity index (χ4n) is 1.99. The molecule has 0 saturated heterocycles. The molecule has 0 fully saturated rings. The monoisotopic (exact) mass is 225 g/mol. The first-order valence-electron chi connectivity index (χ1n) is 4.86. The third kappa shape index (κ3) is 1.73. The normalized spacial score (nSPS) is 14.1. The number of hydrogen-bond donors (Lipinski definition) is 1. The van der Waals surface area contributed by atoms with Crippen molar-refractivity contribution >= 4 is 23.2 Å². The van der Waals surface area contributed by atoms with Crippen molar-refractivity contribution in [2.24, 2.45) is 0 Å². The number of hydrogen-bond acceptors (Lipinski definition) is 2. The maximum Gasteiger partial charge on any atom is 0.241 e. The number of alkyl halides is 1. The maximum absolute atomic E-state index is 11.5. The van der Waals surface area contributed by atoms with Crippen LogP contribution in [0.25, 0.3) is 0 Å². The molecule has 1 aromatic rings. The Morgan fingerprint density at radius 3 is 3.00 bits per heavy atom. The van der Waals surface area contributed by atoms with Crippen LogP contribution in [0.3, 0.4) is 0 Å². The summed E-state index contributed by atoms with van der Waals surface area (Å²) in [5, 5.41) is 9.15. The van der Waals surface area contributed by atoms with E-state index in [-0.39, 0.29) is 18.4 Å². The molecule has 0 aliphatic carbocycles. The lowest BCUT2D eigenvalue weighted by Gasteiger charge is -2.16. The number of nitrogens with zero attached hydrogens (tertiary/aromatic N) is 1. The molecule has 0 atom stereocenters. The van der Waals surface area contributed by atoms with Gasteiger partial charge in [0.25, 0.3) is 0 Å². The third-order valence-corrected chi connectivity index (χ3v) is 2.94. The molecule has 0 bridgehead atoms. The van der Waals surface area contributed by atoms with E-state index in [9.17, 15) is 4.79 Å². The van der Waals surface area contributed by atoms with E-state index >= 15 is 0 Å². The molecule has 1 heterocycles. The van der Waals surface area contributed by atoms with Crippen molar-refractivity contribution in [1.29, 1.82) is 0 Å². The molecule has 1 aliphatic rings. The minimum Gasteiger partial charge on any atom is -0.392 e. The van der Waals surface area contributed by atoms with Gasteiger partial charge in [-0.05, 0) is 23.6 Å². The van der Waals surface area contributed by atoms with E-state index in [1.807, 2.05) is 18.2 Å². The summed E-state index contributed by atoms with van der Waals surface area (Å²) < 4.78 is 0. The molecule has 0 saturated carbocycles. The van der Waals surface area contributed by atoms with E-state index in [0.29, 0.717) is 6.54 Å². The van der Waals surface area contributed by atoms with Crippen molar-refractivity contribution in [1.82, 2.24) is 0 Å². The van der Waals surface area contributed by atoms with Crippen LogP contribution >= 0.6 is 11.6 Å². The van der Waals surface area contributed by atoms with Crippen molar-refractivity contribution in [2.75, 3.05) is 17.3 Å². The Balaban J connectivity index is 2.39. The second-order valence-corrected chi connectivity index (χ2v) is 3.77. The summed E-state index contributed by atoms with van der Waals surface area (Å²) in [5.74, 6) is -0.0755. The molecule has 0 aromatic heterocycles. The molecule has 3 nitrogen and oxygen atoms in total. The predicted molar refractivity (Wildman–Crippen MR) is 59.1 cm³/mol. The van der Waals surface area contributed by atoms with Gasteiger partial charge in [-0.3, -0.25) is 4.79 Å². The first-order chi connectivity index (χ1) is 7.27. The van der Waals surface area contributed by atoms with Gasteiger partial charge in [0.2, 0.25) is 5.91 Å². The first-order valence-corrected chi connectivity index (χ1v) is 5.39. The fraction of sp³-hybridized carbons (Fsp3) is 0.364. The molecule has 15 heavy (non-hydrogen) atoms. The number of anilines is 1. The smallest absolute Gasteiger partial charge is 0.241 e. The van der Waals surface area contributed by atoms with E-state index < -0.39 is 0 Å². The topological polar surface area (TPSA) is 40.5 Å². The van der Waals surface area contributed by atoms with Gasteiger partial charge in [-0.25, -0.2) is 0 Å². The SMILES string of the molecule is O=C(CCl)N1CCc2c(CO)cccc21. The summed E-state index contributed by atoms with van der Waals surface area (Å²) >= 11 is 5.53. The van der Waals surface area contributed by atoms with Crippen LogP contribution in [0.2, 0.25) is 0 Å². The molecule has 1 aliphatic heterocycles. The second-order valence-electron chi connectivity index (χ2n) is 3.50. The number of aliphatic hydroxyl groups excluding tert-OH is 1. The van der Waals surface area contributed by atoms with Crippen LogP contribution < -0.4 is 4.90 Å². The van der Waals surface area contributed by atoms with Crippen LogP contribution in [0.4, 0.5) is 5.69 Å². The van der Waals surface area contributed by atoms with E-state index in [0.717, 1.165) is 23.2 Å². The number of benzene rings is 1. The Morgan fingerprint density at radius 1 is 1.53 bits per heavy atom. The first kappa shape index (κ1) is 10.5. The number of aliphatic hydroxyl groups is 1. The lowest BCUT2D eigenvalue weighted by atomic mass is 10.1. The number of rotatable bonds is 2. The Hall–Kier alpha value is -1.06. The minimum atomic E-state index is -0.0782. The highest BCUT2D eigenvalue weighted by Crippen LogP contribution is 2.30. The standard InChI is InChI=1S/C11H12ClNO2/c12-6-11(15)13-5-4-9-8(7-14)2-1-3-10(9)13/h1-3,14H,4-7H2. The third-order valence-electron chi connectivity index (χ3n) is 2.71. The van der Waals surface area contributed by atoms with Gasteiger partial charge in [0.1, 0.15) is 5.88 Å². The molecular formula is C11H12ClNO2. The highest BCUT2D eigenvalue weighted by molar-refractivity contribution is 6.29. The van der Waals surface area contributed by atoms with Gasteiger partial charge >= 0.3 is 0 Å². The second kappa shape index (κ2) is 4.21. The highest BCUT2D eigenvalue weighted by atomic mass is 35.5. The minimum absolute atomic E-state index is 0.00277. The lowest BCUT2D eigenvalue weighted by molar-refractivity contribution is -0.116. The van der Waals surface area contributed by atoms with Gasteiger partial charge in [-0.1, -0.05) is 12.1 Å². The van der Waals surface area contributed by atoms with Crippen molar-refractivity contribution in [3.8, 4) is 0 Å². The Labute approximate surface area is 93.3 Å². The highest BCUT2D eigenvalue weighted by Gasteiger charge is 2.25. The summed E-state index contributed by atoms with van der Waals surface area (Å²) in [6.07, 6.45) is 0.800. The number of carbonyl (C=O) groups is 1. The van der Waals surface area contributed by atoms with Crippen molar-refractivity contribution < 1.29 is 9.90 Å². The van der Waals surface area contributed by atoms with Crippen molar-refractivity contribution in [3.63, 3.8) is 0 Å². The van der Waals surface area contributed by atoms with E-state index in [1.165, 1.54) is 0 Å². The van der Waals surface area contributed by atoms with Gasteiger partial charge in [0.05, 0.1) is 6.61 Å². The fourth-order valence-corrected chi connectivity index (χ4v) is 2.13. The Kier molecular flexibility index (Phi) is 2.93. The van der Waals surface area contributed by atoms with Crippen molar-refractivity contribution in [3.05, 3.63) is 29.3 Å². The quantitative estimate of drug-likeness (QED) is 0.771. The largest absolute Gasteiger partial charge is 0.392 e. The van der Waals surface area contributed by atoms with Gasteiger partial charge < -0.3 is 10.0 Å². The summed E-state index contributed by atoms with van der Waals surface area (Å²) in [5.41, 5.74) is 2.86. The van der Waals surface area contributed by atoms with E-state index in [1.54, 1.807) is 4.90 Å². The molecule has 1 N–H and O–H groups in total. The molecule has 4 heteroatoms. The number of halogens is 1. The average molecular weight is 226 g/mol. The van der Waals surface area contributed by atoms with Crippen LogP contribution in [0.5, 0.6) is 0 Å². The molecule has 2 rings (SSSR count). The molecule has 0 spiro atoms. The average Bonchev–Trinajstić information content (AvgIpc) is 2.71. The molecule has 1 amide bonds. The molecule has 1 aromatic carbocycles. The number of carbonyl (C=O) groups excluding carboxylic acids is 1. The molecule has 80 valence electrons. The molecule has 0 unspecified atom stereocenters. The van der Waals surface area contributed by atoms with E-state index in [4.69, 9.17) is 16.7 Å². The zero-order chi connectivity index (χ0) is 10.8. The lowest BCUT2D eigenvalue weighted by Crippen LogP contribution is -2.29. The summed E-state index contributed by atoms with van der Waals surface area (Å²) in [4.78, 5) is 13.2. The number of fused-ring (bicyclic) bond motifs is 1. The predicted octanol–water partition coefficient (Wildman–Crippen LogP) is 1.31. The Bertz CT molecular complexity index is 392. The van der Waals surface area contributed by atoms with Gasteiger partial charge in [-0.15, -0.1) is 11.6 Å². The van der Waals surface area contributed by atoms with Crippen LogP contribution in [-0.2, 0) is 17.8 Å². The number of amides is 1. The summed E-state index contributed by atoms with van der Waals surface area (Å²) in [7, 11) is 0.